The lowest BCUT2D eigenvalue weighted by molar-refractivity contribution is 0.0593. The molecule has 0 aliphatic rings. The monoisotopic (exact) mass is 295 g/mol. The maximum Gasteiger partial charge on any atom is 0.357 e. The van der Waals surface area contributed by atoms with Gasteiger partial charge in [-0.3, -0.25) is 0 Å². The molecule has 0 fully saturated rings. The summed E-state index contributed by atoms with van der Waals surface area (Å²) in [4.78, 5) is 11.9. The van der Waals surface area contributed by atoms with Gasteiger partial charge in [0.05, 0.1) is 31.0 Å². The largest absolute Gasteiger partial charge is 0.495 e. The number of nitrogens with zero attached hydrogens (tertiary/aromatic N) is 2. The second-order valence-corrected chi connectivity index (χ2v) is 4.31. The Morgan fingerprint density at radius 1 is 1.36 bits per heavy atom. The van der Waals surface area contributed by atoms with Crippen LogP contribution in [-0.2, 0) is 4.74 Å². The predicted molar refractivity (Wildman–Crippen MR) is 80.7 cm³/mol. The number of nitriles is 1. The van der Waals surface area contributed by atoms with Gasteiger partial charge in [0.2, 0.25) is 0 Å². The number of carbonyl (C=O) groups is 1. The van der Waals surface area contributed by atoms with Crippen molar-refractivity contribution < 1.29 is 14.3 Å². The van der Waals surface area contributed by atoms with Crippen LogP contribution in [0.15, 0.2) is 24.4 Å². The maximum atomic E-state index is 11.9. The van der Waals surface area contributed by atoms with E-state index in [0.29, 0.717) is 17.0 Å². The third kappa shape index (κ3) is 2.34. The van der Waals surface area contributed by atoms with Gasteiger partial charge in [-0.25, -0.2) is 4.79 Å². The van der Waals surface area contributed by atoms with Gasteiger partial charge < -0.3 is 19.8 Å². The molecule has 0 bridgehead atoms. The number of nitrogen functional groups attached to an aromatic ring is 1. The van der Waals surface area contributed by atoms with E-state index >= 15 is 0 Å². The smallest absolute Gasteiger partial charge is 0.357 e. The molecular formula is C16H13N3O3. The second-order valence-electron chi connectivity index (χ2n) is 4.31. The quantitative estimate of drug-likeness (QED) is 0.687. The Bertz CT molecular complexity index is 822. The fourth-order valence-electron chi connectivity index (χ4n) is 2.08. The predicted octanol–water partition coefficient (Wildman–Crippen LogP) is 1.71. The molecule has 2 rings (SSSR count). The first-order valence-corrected chi connectivity index (χ1v) is 6.21. The Hall–Kier alpha value is -3.38. The van der Waals surface area contributed by atoms with Crippen LogP contribution in [0.4, 0.5) is 5.69 Å². The summed E-state index contributed by atoms with van der Waals surface area (Å²) in [6, 6.07) is 6.97. The molecular weight excluding hydrogens is 282 g/mol. The molecule has 1 heterocycles. The Kier molecular flexibility index (Phi) is 4.06. The summed E-state index contributed by atoms with van der Waals surface area (Å²) in [5, 5.41) is 9.09. The van der Waals surface area contributed by atoms with Crippen molar-refractivity contribution in [3.05, 3.63) is 41.2 Å². The first-order chi connectivity index (χ1) is 10.6. The van der Waals surface area contributed by atoms with Crippen LogP contribution in [0.25, 0.3) is 5.69 Å². The Morgan fingerprint density at radius 2 is 2.09 bits per heavy atom. The van der Waals surface area contributed by atoms with Crippen LogP contribution < -0.4 is 10.5 Å². The minimum Gasteiger partial charge on any atom is -0.495 e. The molecule has 6 nitrogen and oxygen atoms in total. The summed E-state index contributed by atoms with van der Waals surface area (Å²) in [6.07, 6.45) is 6.91. The average molecular weight is 295 g/mol. The maximum absolute atomic E-state index is 11.9. The van der Waals surface area contributed by atoms with Crippen LogP contribution in [0.1, 0.15) is 21.6 Å². The highest BCUT2D eigenvalue weighted by atomic mass is 16.5. The van der Waals surface area contributed by atoms with E-state index in [-0.39, 0.29) is 16.9 Å². The first kappa shape index (κ1) is 15.0. The van der Waals surface area contributed by atoms with Gasteiger partial charge in [-0.05, 0) is 18.2 Å². The summed E-state index contributed by atoms with van der Waals surface area (Å²) in [7, 11) is 2.75. The van der Waals surface area contributed by atoms with E-state index in [1.54, 1.807) is 18.2 Å². The van der Waals surface area contributed by atoms with Gasteiger partial charge in [-0.2, -0.15) is 5.26 Å². The van der Waals surface area contributed by atoms with E-state index in [0.717, 1.165) is 0 Å². The fourth-order valence-corrected chi connectivity index (χ4v) is 2.08. The Morgan fingerprint density at radius 3 is 2.64 bits per heavy atom. The SMILES string of the molecule is C#Cc1cc(-n2cc(C#N)c(N)c2C(=O)OC)ccc1OC. The van der Waals surface area contributed by atoms with Crippen molar-refractivity contribution in [1.29, 1.82) is 5.26 Å². The molecule has 0 unspecified atom stereocenters. The van der Waals surface area contributed by atoms with Gasteiger partial charge in [-0.15, -0.1) is 6.42 Å². The lowest BCUT2D eigenvalue weighted by atomic mass is 10.2. The highest BCUT2D eigenvalue weighted by molar-refractivity contribution is 5.96. The molecule has 22 heavy (non-hydrogen) atoms. The third-order valence-electron chi connectivity index (χ3n) is 3.16. The van der Waals surface area contributed by atoms with Crippen molar-refractivity contribution in [1.82, 2.24) is 4.57 Å². The summed E-state index contributed by atoms with van der Waals surface area (Å²) in [6.45, 7) is 0. The van der Waals surface area contributed by atoms with E-state index in [9.17, 15) is 4.79 Å². The fraction of sp³-hybridized carbons (Fsp3) is 0.125. The summed E-state index contributed by atoms with van der Waals surface area (Å²) < 4.78 is 11.4. The zero-order valence-corrected chi connectivity index (χ0v) is 12.1. The lowest BCUT2D eigenvalue weighted by Gasteiger charge is -2.10. The Labute approximate surface area is 127 Å². The molecule has 1 aromatic carbocycles. The molecule has 1 aromatic heterocycles. The molecule has 0 amide bonds. The van der Waals surface area contributed by atoms with Crippen LogP contribution in [0, 0.1) is 23.7 Å². The van der Waals surface area contributed by atoms with Gasteiger partial charge in [0.15, 0.2) is 5.69 Å². The molecule has 0 radical (unpaired) electrons. The third-order valence-corrected chi connectivity index (χ3v) is 3.16. The van der Waals surface area contributed by atoms with E-state index in [4.69, 9.17) is 26.9 Å². The second kappa shape index (κ2) is 5.94. The van der Waals surface area contributed by atoms with E-state index < -0.39 is 5.97 Å². The molecule has 0 spiro atoms. The minimum atomic E-state index is -0.642. The number of rotatable bonds is 3. The molecule has 0 saturated heterocycles. The zero-order chi connectivity index (χ0) is 16.3. The first-order valence-electron chi connectivity index (χ1n) is 6.21. The number of anilines is 1. The summed E-state index contributed by atoms with van der Waals surface area (Å²) in [5.41, 5.74) is 7.25. The standard InChI is InChI=1S/C16H13N3O3/c1-4-10-7-12(5-6-13(10)21-2)19-9-11(8-17)14(18)15(19)16(20)22-3/h1,5-7,9H,18H2,2-3H3. The van der Waals surface area contributed by atoms with Crippen molar-refractivity contribution in [3.8, 4) is 29.8 Å². The minimum absolute atomic E-state index is 0.0624. The number of terminal acetylenes is 1. The van der Waals surface area contributed by atoms with E-state index in [2.05, 4.69) is 5.92 Å². The molecule has 0 aliphatic heterocycles. The number of nitrogens with two attached hydrogens (primary N) is 1. The lowest BCUT2D eigenvalue weighted by Crippen LogP contribution is -2.11. The van der Waals surface area contributed by atoms with Crippen LogP contribution in [0.5, 0.6) is 5.75 Å². The molecule has 6 heteroatoms. The topological polar surface area (TPSA) is 90.3 Å². The van der Waals surface area contributed by atoms with Crippen LogP contribution in [0.3, 0.4) is 0 Å². The molecule has 0 aliphatic carbocycles. The molecule has 0 saturated carbocycles. The highest BCUT2D eigenvalue weighted by Crippen LogP contribution is 2.27. The Balaban J connectivity index is 2.70. The van der Waals surface area contributed by atoms with Crippen molar-refractivity contribution in [2.45, 2.75) is 0 Å². The number of esters is 1. The van der Waals surface area contributed by atoms with Crippen molar-refractivity contribution >= 4 is 11.7 Å². The number of ether oxygens (including phenoxy) is 2. The van der Waals surface area contributed by atoms with E-state index in [1.807, 2.05) is 6.07 Å². The summed E-state index contributed by atoms with van der Waals surface area (Å²) in [5.74, 6) is 2.40. The van der Waals surface area contributed by atoms with Crippen LogP contribution in [-0.4, -0.2) is 24.8 Å². The molecule has 110 valence electrons. The van der Waals surface area contributed by atoms with Gasteiger partial charge in [-0.1, -0.05) is 5.92 Å². The zero-order valence-electron chi connectivity index (χ0n) is 12.1. The molecule has 2 N–H and O–H groups in total. The van der Waals surface area contributed by atoms with Crippen molar-refractivity contribution in [2.24, 2.45) is 0 Å². The molecule has 2 aromatic rings. The number of aromatic nitrogens is 1. The van der Waals surface area contributed by atoms with Gasteiger partial charge in [0.1, 0.15) is 11.8 Å². The van der Waals surface area contributed by atoms with Crippen LogP contribution >= 0.6 is 0 Å². The number of methoxy groups -OCH3 is 2. The number of benzene rings is 1. The number of hydrogen-bond acceptors (Lipinski definition) is 5. The van der Waals surface area contributed by atoms with Gasteiger partial charge in [0, 0.05) is 11.9 Å². The average Bonchev–Trinajstić information content (AvgIpc) is 2.89. The number of carbonyl (C=O) groups excluding carboxylic acids is 1. The van der Waals surface area contributed by atoms with Gasteiger partial charge in [0.25, 0.3) is 0 Å². The van der Waals surface area contributed by atoms with Crippen molar-refractivity contribution in [3.63, 3.8) is 0 Å². The van der Waals surface area contributed by atoms with E-state index in [1.165, 1.54) is 25.0 Å². The van der Waals surface area contributed by atoms with Crippen LogP contribution in [0.2, 0.25) is 0 Å². The normalized spacial score (nSPS) is 9.64. The number of hydrogen-bond donors (Lipinski definition) is 1. The van der Waals surface area contributed by atoms with Gasteiger partial charge >= 0.3 is 5.97 Å². The molecule has 0 atom stereocenters. The summed E-state index contributed by atoms with van der Waals surface area (Å²) >= 11 is 0. The highest BCUT2D eigenvalue weighted by Gasteiger charge is 2.22. The van der Waals surface area contributed by atoms with Crippen molar-refractivity contribution in [2.75, 3.05) is 20.0 Å².